The van der Waals surface area contributed by atoms with Crippen LogP contribution in [0.4, 0.5) is 21.5 Å². The Morgan fingerprint density at radius 1 is 1.50 bits per heavy atom. The lowest BCUT2D eigenvalue weighted by molar-refractivity contribution is -0.127. The minimum Gasteiger partial charge on any atom is -0.397 e. The van der Waals surface area contributed by atoms with Crippen molar-refractivity contribution in [1.29, 1.82) is 0 Å². The molecule has 0 bridgehead atoms. The van der Waals surface area contributed by atoms with Gasteiger partial charge in [0, 0.05) is 13.6 Å². The summed E-state index contributed by atoms with van der Waals surface area (Å²) in [6.07, 6.45) is 0.593. The van der Waals surface area contributed by atoms with Crippen LogP contribution in [0, 0.1) is 5.82 Å². The zero-order valence-corrected chi connectivity index (χ0v) is 10.6. The number of amides is 1. The molecule has 1 amide bonds. The quantitative estimate of drug-likeness (QED) is 0.708. The maximum Gasteiger partial charge on any atom is 0.244 e. The Morgan fingerprint density at radius 2 is 2.17 bits per heavy atom. The number of likely N-dealkylation sites (tertiary alicyclic amines) is 1. The van der Waals surface area contributed by atoms with Crippen molar-refractivity contribution in [2.75, 3.05) is 30.4 Å². The number of carbonyl (C=O) groups is 1. The average molecular weight is 273 g/mol. The molecule has 98 valence electrons. The van der Waals surface area contributed by atoms with Crippen LogP contribution in [0.3, 0.4) is 0 Å². The summed E-state index contributed by atoms with van der Waals surface area (Å²) in [5, 5.41) is 2.61. The van der Waals surface area contributed by atoms with Crippen LogP contribution in [0.25, 0.3) is 0 Å². The Balaban J connectivity index is 2.30. The highest BCUT2D eigenvalue weighted by atomic mass is 35.5. The van der Waals surface area contributed by atoms with Gasteiger partial charge in [-0.15, -0.1) is 0 Å². The number of benzene rings is 1. The van der Waals surface area contributed by atoms with E-state index in [1.807, 2.05) is 0 Å². The van der Waals surface area contributed by atoms with Gasteiger partial charge in [-0.3, -0.25) is 4.79 Å². The molecule has 0 aliphatic carbocycles. The van der Waals surface area contributed by atoms with Gasteiger partial charge in [-0.2, -0.15) is 0 Å². The Labute approximate surface area is 109 Å². The van der Waals surface area contributed by atoms with Crippen LogP contribution >= 0.6 is 11.6 Å². The monoisotopic (exact) mass is 272 g/mol. The van der Waals surface area contributed by atoms with Crippen molar-refractivity contribution in [3.63, 3.8) is 0 Å². The third kappa shape index (κ3) is 2.03. The molecule has 0 radical (unpaired) electrons. The number of nitrogen functional groups attached to an aromatic ring is 2. The van der Waals surface area contributed by atoms with Crippen molar-refractivity contribution in [3.8, 4) is 0 Å². The maximum atomic E-state index is 13.9. The van der Waals surface area contributed by atoms with E-state index in [2.05, 4.69) is 5.32 Å². The Morgan fingerprint density at radius 3 is 2.72 bits per heavy atom. The largest absolute Gasteiger partial charge is 0.397 e. The van der Waals surface area contributed by atoms with Gasteiger partial charge in [-0.05, 0) is 12.5 Å². The van der Waals surface area contributed by atoms with E-state index in [-0.39, 0.29) is 28.0 Å². The molecule has 1 atom stereocenters. The standard InChI is InChI=1S/C11H14ClFN4O/c1-17-3-2-7(11(17)18)16-10-6(15)4-5(14)8(12)9(10)13/h4,7,16H,2-3,14-15H2,1H3. The second-order valence-corrected chi connectivity index (χ2v) is 4.68. The fraction of sp³-hybridized carbons (Fsp3) is 0.364. The number of rotatable bonds is 2. The molecule has 5 nitrogen and oxygen atoms in total. The second kappa shape index (κ2) is 4.53. The SMILES string of the molecule is CN1CCC(Nc2c(N)cc(N)c(Cl)c2F)C1=O. The van der Waals surface area contributed by atoms with Crippen LogP contribution in [0.2, 0.25) is 5.02 Å². The molecule has 1 fully saturated rings. The van der Waals surface area contributed by atoms with Crippen LogP contribution in [-0.4, -0.2) is 30.4 Å². The molecule has 1 unspecified atom stereocenters. The summed E-state index contributed by atoms with van der Waals surface area (Å²) in [4.78, 5) is 13.3. The summed E-state index contributed by atoms with van der Waals surface area (Å²) < 4.78 is 13.9. The van der Waals surface area contributed by atoms with Gasteiger partial charge in [0.05, 0.1) is 17.1 Å². The Hall–Kier alpha value is -1.69. The third-order valence-corrected chi connectivity index (χ3v) is 3.40. The first-order valence-corrected chi connectivity index (χ1v) is 5.84. The van der Waals surface area contributed by atoms with E-state index < -0.39 is 11.9 Å². The first kappa shape index (κ1) is 12.8. The van der Waals surface area contributed by atoms with E-state index >= 15 is 0 Å². The number of nitrogens with one attached hydrogen (secondary N) is 1. The molecule has 2 rings (SSSR count). The lowest BCUT2D eigenvalue weighted by Gasteiger charge is -2.17. The molecule has 1 aromatic rings. The molecule has 1 aromatic carbocycles. The number of nitrogens with zero attached hydrogens (tertiary/aromatic N) is 1. The van der Waals surface area contributed by atoms with Crippen molar-refractivity contribution in [1.82, 2.24) is 4.90 Å². The Bertz CT molecular complexity index is 508. The molecule has 5 N–H and O–H groups in total. The fourth-order valence-corrected chi connectivity index (χ4v) is 2.09. The van der Waals surface area contributed by atoms with Gasteiger partial charge >= 0.3 is 0 Å². The Kier molecular flexibility index (Phi) is 3.21. The van der Waals surface area contributed by atoms with E-state index in [1.54, 1.807) is 11.9 Å². The van der Waals surface area contributed by atoms with Gasteiger partial charge < -0.3 is 21.7 Å². The number of nitrogens with two attached hydrogens (primary N) is 2. The summed E-state index contributed by atoms with van der Waals surface area (Å²) in [6, 6.07) is 0.892. The summed E-state index contributed by atoms with van der Waals surface area (Å²) in [5.41, 5.74) is 11.4. The molecule has 0 spiro atoms. The number of likely N-dealkylation sites (N-methyl/N-ethyl adjacent to an activating group) is 1. The molecule has 0 saturated carbocycles. The van der Waals surface area contributed by atoms with E-state index in [0.29, 0.717) is 13.0 Å². The zero-order chi connectivity index (χ0) is 13.4. The molecule has 0 aromatic heterocycles. The van der Waals surface area contributed by atoms with Crippen molar-refractivity contribution in [2.24, 2.45) is 0 Å². The highest BCUT2D eigenvalue weighted by Crippen LogP contribution is 2.34. The number of halogens is 2. The normalized spacial score (nSPS) is 19.4. The first-order valence-electron chi connectivity index (χ1n) is 5.46. The number of carbonyl (C=O) groups excluding carboxylic acids is 1. The van der Waals surface area contributed by atoms with Crippen LogP contribution < -0.4 is 16.8 Å². The topological polar surface area (TPSA) is 84.4 Å². The highest BCUT2D eigenvalue weighted by Gasteiger charge is 2.30. The number of anilines is 3. The van der Waals surface area contributed by atoms with Crippen molar-refractivity contribution >= 4 is 34.6 Å². The van der Waals surface area contributed by atoms with Crippen LogP contribution in [-0.2, 0) is 4.79 Å². The van der Waals surface area contributed by atoms with Crippen LogP contribution in [0.15, 0.2) is 6.07 Å². The van der Waals surface area contributed by atoms with Gasteiger partial charge in [0.25, 0.3) is 0 Å². The number of hydrogen-bond acceptors (Lipinski definition) is 4. The molecule has 7 heteroatoms. The van der Waals surface area contributed by atoms with Crippen molar-refractivity contribution < 1.29 is 9.18 Å². The molecule has 1 heterocycles. The average Bonchev–Trinajstić information content (AvgIpc) is 2.63. The summed E-state index contributed by atoms with van der Waals surface area (Å²) in [7, 11) is 1.69. The summed E-state index contributed by atoms with van der Waals surface area (Å²) in [6.45, 7) is 0.626. The minimum absolute atomic E-state index is 0.0304. The van der Waals surface area contributed by atoms with Crippen molar-refractivity contribution in [3.05, 3.63) is 16.9 Å². The molecular weight excluding hydrogens is 259 g/mol. The molecule has 1 saturated heterocycles. The molecular formula is C11H14ClFN4O. The van der Waals surface area contributed by atoms with Gasteiger partial charge in [0.1, 0.15) is 11.1 Å². The maximum absolute atomic E-state index is 13.9. The van der Waals surface area contributed by atoms with E-state index in [0.717, 1.165) is 0 Å². The van der Waals surface area contributed by atoms with E-state index in [4.69, 9.17) is 23.1 Å². The highest BCUT2D eigenvalue weighted by molar-refractivity contribution is 6.33. The van der Waals surface area contributed by atoms with E-state index in [1.165, 1.54) is 6.07 Å². The third-order valence-electron chi connectivity index (χ3n) is 3.01. The minimum atomic E-state index is -0.725. The molecule has 1 aliphatic rings. The zero-order valence-electron chi connectivity index (χ0n) is 9.84. The summed E-state index contributed by atoms with van der Waals surface area (Å²) in [5.74, 6) is -0.821. The second-order valence-electron chi connectivity index (χ2n) is 4.30. The number of hydrogen-bond donors (Lipinski definition) is 3. The smallest absolute Gasteiger partial charge is 0.244 e. The lowest BCUT2D eigenvalue weighted by Crippen LogP contribution is -2.31. The first-order chi connectivity index (χ1) is 8.41. The molecule has 18 heavy (non-hydrogen) atoms. The lowest BCUT2D eigenvalue weighted by atomic mass is 10.2. The predicted octanol–water partition coefficient (Wildman–Crippen LogP) is 1.29. The van der Waals surface area contributed by atoms with Gasteiger partial charge in [0.2, 0.25) is 5.91 Å². The van der Waals surface area contributed by atoms with Crippen LogP contribution in [0.1, 0.15) is 6.42 Å². The fourth-order valence-electron chi connectivity index (χ4n) is 1.94. The van der Waals surface area contributed by atoms with Gasteiger partial charge in [-0.25, -0.2) is 4.39 Å². The summed E-state index contributed by atoms with van der Waals surface area (Å²) >= 11 is 5.71. The van der Waals surface area contributed by atoms with E-state index in [9.17, 15) is 9.18 Å². The predicted molar refractivity (Wildman–Crippen MR) is 69.9 cm³/mol. The van der Waals surface area contributed by atoms with Gasteiger partial charge in [-0.1, -0.05) is 11.6 Å². The molecule has 1 aliphatic heterocycles. The van der Waals surface area contributed by atoms with Gasteiger partial charge in [0.15, 0.2) is 5.82 Å². The van der Waals surface area contributed by atoms with Crippen molar-refractivity contribution in [2.45, 2.75) is 12.5 Å². The van der Waals surface area contributed by atoms with Crippen LogP contribution in [0.5, 0.6) is 0 Å².